The summed E-state index contributed by atoms with van der Waals surface area (Å²) in [4.78, 5) is 0. The lowest BCUT2D eigenvalue weighted by molar-refractivity contribution is 0.135. The quantitative estimate of drug-likeness (QED) is 0.806. The van der Waals surface area contributed by atoms with E-state index in [1.165, 1.54) is 0 Å². The first kappa shape index (κ1) is 12.1. The molecule has 0 saturated heterocycles. The molecule has 0 heterocycles. The number of para-hydroxylation sites is 1. The Morgan fingerprint density at radius 3 is 2.40 bits per heavy atom. The van der Waals surface area contributed by atoms with Gasteiger partial charge in [0.05, 0.1) is 12.7 Å². The Hall–Kier alpha value is -1.02. The Bertz CT molecular complexity index is 287. The van der Waals surface area contributed by atoms with Crippen molar-refractivity contribution in [1.82, 2.24) is 0 Å². The molecule has 0 saturated carbocycles. The van der Waals surface area contributed by atoms with Gasteiger partial charge >= 0.3 is 0 Å². The van der Waals surface area contributed by atoms with Gasteiger partial charge in [0, 0.05) is 6.42 Å². The highest BCUT2D eigenvalue weighted by molar-refractivity contribution is 5.39. The van der Waals surface area contributed by atoms with Crippen LogP contribution in [0.15, 0.2) is 18.2 Å². The predicted molar refractivity (Wildman–Crippen MR) is 62.3 cm³/mol. The molecule has 0 radical (unpaired) electrons. The molecular weight excluding hydrogens is 188 g/mol. The lowest BCUT2D eigenvalue weighted by Gasteiger charge is -2.13. The molecule has 1 aromatic rings. The maximum Gasteiger partial charge on any atom is 0.125 e. The SMILES string of the molecule is CCC(O)CCOc1c(C)cccc1C. The van der Waals surface area contributed by atoms with Gasteiger partial charge in [0.15, 0.2) is 0 Å². The van der Waals surface area contributed by atoms with Crippen molar-refractivity contribution in [1.29, 1.82) is 0 Å². The number of hydrogen-bond acceptors (Lipinski definition) is 2. The summed E-state index contributed by atoms with van der Waals surface area (Å²) in [7, 11) is 0. The summed E-state index contributed by atoms with van der Waals surface area (Å²) >= 11 is 0. The van der Waals surface area contributed by atoms with Gasteiger partial charge in [-0.25, -0.2) is 0 Å². The van der Waals surface area contributed by atoms with Crippen LogP contribution in [0, 0.1) is 13.8 Å². The minimum absolute atomic E-state index is 0.241. The molecule has 0 bridgehead atoms. The van der Waals surface area contributed by atoms with E-state index in [2.05, 4.69) is 0 Å². The molecule has 1 rings (SSSR count). The fraction of sp³-hybridized carbons (Fsp3) is 0.538. The maximum atomic E-state index is 9.39. The number of rotatable bonds is 5. The van der Waals surface area contributed by atoms with Crippen LogP contribution in [0.3, 0.4) is 0 Å². The van der Waals surface area contributed by atoms with Gasteiger partial charge in [-0.2, -0.15) is 0 Å². The second-order valence-corrected chi connectivity index (χ2v) is 3.92. The summed E-state index contributed by atoms with van der Waals surface area (Å²) in [5.41, 5.74) is 2.31. The molecule has 1 unspecified atom stereocenters. The highest BCUT2D eigenvalue weighted by Crippen LogP contribution is 2.22. The molecule has 15 heavy (non-hydrogen) atoms. The first-order valence-electron chi connectivity index (χ1n) is 5.52. The van der Waals surface area contributed by atoms with E-state index in [-0.39, 0.29) is 6.10 Å². The first-order valence-corrected chi connectivity index (χ1v) is 5.52. The second-order valence-electron chi connectivity index (χ2n) is 3.92. The van der Waals surface area contributed by atoms with E-state index in [9.17, 15) is 5.11 Å². The summed E-state index contributed by atoms with van der Waals surface area (Å²) in [6.07, 6.45) is 1.25. The monoisotopic (exact) mass is 208 g/mol. The van der Waals surface area contributed by atoms with Crippen molar-refractivity contribution >= 4 is 0 Å². The molecule has 0 amide bonds. The van der Waals surface area contributed by atoms with Crippen LogP contribution in [0.5, 0.6) is 5.75 Å². The molecular formula is C13H20O2. The summed E-state index contributed by atoms with van der Waals surface area (Å²) < 4.78 is 5.68. The number of aliphatic hydroxyl groups excluding tert-OH is 1. The minimum atomic E-state index is -0.241. The van der Waals surface area contributed by atoms with Crippen molar-refractivity contribution in [3.05, 3.63) is 29.3 Å². The van der Waals surface area contributed by atoms with Crippen LogP contribution in [0.25, 0.3) is 0 Å². The van der Waals surface area contributed by atoms with Crippen LogP contribution in [0.1, 0.15) is 30.9 Å². The van der Waals surface area contributed by atoms with Crippen molar-refractivity contribution in [3.8, 4) is 5.75 Å². The summed E-state index contributed by atoms with van der Waals surface area (Å²) in [5, 5.41) is 9.39. The molecule has 0 fully saturated rings. The molecule has 0 spiro atoms. The van der Waals surface area contributed by atoms with E-state index in [0.717, 1.165) is 23.3 Å². The molecule has 1 aromatic carbocycles. The zero-order chi connectivity index (χ0) is 11.3. The van der Waals surface area contributed by atoms with Crippen LogP contribution in [0.4, 0.5) is 0 Å². The van der Waals surface area contributed by atoms with Crippen LogP contribution in [0.2, 0.25) is 0 Å². The topological polar surface area (TPSA) is 29.5 Å². The van der Waals surface area contributed by atoms with Gasteiger partial charge in [-0.1, -0.05) is 25.1 Å². The smallest absolute Gasteiger partial charge is 0.125 e. The molecule has 0 aliphatic carbocycles. The van der Waals surface area contributed by atoms with E-state index in [4.69, 9.17) is 4.74 Å². The first-order chi connectivity index (χ1) is 7.15. The molecule has 1 atom stereocenters. The van der Waals surface area contributed by atoms with Gasteiger partial charge in [0.1, 0.15) is 5.75 Å². The Kier molecular flexibility index (Phi) is 4.63. The third kappa shape index (κ3) is 3.56. The molecule has 2 nitrogen and oxygen atoms in total. The molecule has 0 aromatic heterocycles. The van der Waals surface area contributed by atoms with Crippen molar-refractivity contribution in [2.24, 2.45) is 0 Å². The van der Waals surface area contributed by atoms with Crippen LogP contribution in [-0.4, -0.2) is 17.8 Å². The summed E-state index contributed by atoms with van der Waals surface area (Å²) in [6, 6.07) is 6.11. The van der Waals surface area contributed by atoms with E-state index in [1.54, 1.807) is 0 Å². The third-order valence-corrected chi connectivity index (χ3v) is 2.58. The lowest BCUT2D eigenvalue weighted by atomic mass is 10.1. The average molecular weight is 208 g/mol. The highest BCUT2D eigenvalue weighted by Gasteiger charge is 2.05. The highest BCUT2D eigenvalue weighted by atomic mass is 16.5. The van der Waals surface area contributed by atoms with Crippen molar-refractivity contribution in [3.63, 3.8) is 0 Å². The van der Waals surface area contributed by atoms with E-state index < -0.39 is 0 Å². The Morgan fingerprint density at radius 2 is 1.87 bits per heavy atom. The van der Waals surface area contributed by atoms with E-state index in [0.29, 0.717) is 13.0 Å². The average Bonchev–Trinajstić information content (AvgIpc) is 2.22. The minimum Gasteiger partial charge on any atom is -0.493 e. The maximum absolute atomic E-state index is 9.39. The number of benzene rings is 1. The fourth-order valence-corrected chi connectivity index (χ4v) is 1.53. The lowest BCUT2D eigenvalue weighted by Crippen LogP contribution is -2.11. The number of ether oxygens (including phenoxy) is 1. The zero-order valence-corrected chi connectivity index (χ0v) is 9.79. The van der Waals surface area contributed by atoms with Crippen molar-refractivity contribution in [2.75, 3.05) is 6.61 Å². The molecule has 1 N–H and O–H groups in total. The van der Waals surface area contributed by atoms with E-state index >= 15 is 0 Å². The van der Waals surface area contributed by atoms with Crippen LogP contribution in [-0.2, 0) is 0 Å². The van der Waals surface area contributed by atoms with Crippen molar-refractivity contribution < 1.29 is 9.84 Å². The van der Waals surface area contributed by atoms with Gasteiger partial charge in [0.25, 0.3) is 0 Å². The molecule has 2 heteroatoms. The fourth-order valence-electron chi connectivity index (χ4n) is 1.53. The number of aliphatic hydroxyl groups is 1. The normalized spacial score (nSPS) is 12.5. The van der Waals surface area contributed by atoms with Gasteiger partial charge in [-0.05, 0) is 31.4 Å². The zero-order valence-electron chi connectivity index (χ0n) is 9.79. The van der Waals surface area contributed by atoms with E-state index in [1.807, 2.05) is 39.0 Å². The Balaban J connectivity index is 2.50. The number of hydrogen-bond donors (Lipinski definition) is 1. The summed E-state index contributed by atoms with van der Waals surface area (Å²) in [5.74, 6) is 0.959. The van der Waals surface area contributed by atoms with Crippen LogP contribution >= 0.6 is 0 Å². The molecule has 0 aliphatic rings. The Labute approximate surface area is 91.9 Å². The van der Waals surface area contributed by atoms with Crippen LogP contribution < -0.4 is 4.74 Å². The third-order valence-electron chi connectivity index (χ3n) is 2.58. The van der Waals surface area contributed by atoms with Gasteiger partial charge in [-0.15, -0.1) is 0 Å². The summed E-state index contributed by atoms with van der Waals surface area (Å²) in [6.45, 7) is 6.64. The van der Waals surface area contributed by atoms with Crippen molar-refractivity contribution in [2.45, 2.75) is 39.7 Å². The molecule has 84 valence electrons. The largest absolute Gasteiger partial charge is 0.493 e. The Morgan fingerprint density at radius 1 is 1.27 bits per heavy atom. The van der Waals surface area contributed by atoms with Gasteiger partial charge in [-0.3, -0.25) is 0 Å². The predicted octanol–water partition coefficient (Wildman–Crippen LogP) is 2.84. The number of aryl methyl sites for hydroxylation is 2. The van der Waals surface area contributed by atoms with Gasteiger partial charge < -0.3 is 9.84 Å². The molecule has 0 aliphatic heterocycles. The van der Waals surface area contributed by atoms with Gasteiger partial charge in [0.2, 0.25) is 0 Å². The standard InChI is InChI=1S/C13H20O2/c1-4-12(14)8-9-15-13-10(2)6-5-7-11(13)3/h5-7,12,14H,4,8-9H2,1-3H3. The second kappa shape index (κ2) is 5.76.